The van der Waals surface area contributed by atoms with Crippen LogP contribution in [0.15, 0.2) is 29.2 Å². The Morgan fingerprint density at radius 1 is 1.18 bits per heavy atom. The first-order valence-electron chi connectivity index (χ1n) is 6.62. The molecule has 1 aromatic carbocycles. The molecule has 1 aromatic rings. The highest BCUT2D eigenvalue weighted by molar-refractivity contribution is 7.89. The van der Waals surface area contributed by atoms with Crippen LogP contribution >= 0.6 is 0 Å². The van der Waals surface area contributed by atoms with Crippen molar-refractivity contribution in [3.8, 4) is 5.75 Å². The van der Waals surface area contributed by atoms with E-state index in [-0.39, 0.29) is 19.2 Å². The summed E-state index contributed by atoms with van der Waals surface area (Å²) >= 11 is 0. The van der Waals surface area contributed by atoms with Gasteiger partial charge in [-0.05, 0) is 25.0 Å². The maximum atomic E-state index is 12.5. The zero-order valence-corrected chi connectivity index (χ0v) is 12.7. The number of alkyl halides is 3. The lowest BCUT2D eigenvalue weighted by Crippen LogP contribution is -2.40. The molecule has 124 valence electrons. The predicted molar refractivity (Wildman–Crippen MR) is 71.9 cm³/mol. The molecule has 0 bridgehead atoms. The Kier molecular flexibility index (Phi) is 4.98. The maximum Gasteiger partial charge on any atom is 0.573 e. The zero-order valence-electron chi connectivity index (χ0n) is 11.8. The van der Waals surface area contributed by atoms with E-state index in [1.165, 1.54) is 12.1 Å². The maximum absolute atomic E-state index is 12.5. The molecule has 0 N–H and O–H groups in total. The third-order valence-electron chi connectivity index (χ3n) is 3.43. The Morgan fingerprint density at radius 3 is 2.32 bits per heavy atom. The van der Waals surface area contributed by atoms with Crippen LogP contribution in [0.3, 0.4) is 0 Å². The molecule has 1 aliphatic heterocycles. The van der Waals surface area contributed by atoms with Gasteiger partial charge in [0.25, 0.3) is 0 Å². The van der Waals surface area contributed by atoms with Gasteiger partial charge in [-0.1, -0.05) is 12.1 Å². The first-order chi connectivity index (χ1) is 10.2. The summed E-state index contributed by atoms with van der Waals surface area (Å²) in [6.07, 6.45) is -3.99. The van der Waals surface area contributed by atoms with Crippen molar-refractivity contribution in [1.82, 2.24) is 4.31 Å². The molecule has 0 radical (unpaired) electrons. The molecule has 1 saturated heterocycles. The second kappa shape index (κ2) is 6.43. The van der Waals surface area contributed by atoms with Crippen molar-refractivity contribution >= 4 is 10.0 Å². The lowest BCUT2D eigenvalue weighted by Gasteiger charge is -2.30. The Labute approximate surface area is 126 Å². The molecule has 0 aliphatic carbocycles. The van der Waals surface area contributed by atoms with Gasteiger partial charge in [-0.15, -0.1) is 13.2 Å². The molecule has 0 unspecified atom stereocenters. The summed E-state index contributed by atoms with van der Waals surface area (Å²) in [5.41, 5.74) is 0. The number of ether oxygens (including phenoxy) is 2. The average molecular weight is 339 g/mol. The first kappa shape index (κ1) is 17.0. The molecule has 1 heterocycles. The first-order valence-corrected chi connectivity index (χ1v) is 8.06. The van der Waals surface area contributed by atoms with Gasteiger partial charge in [0, 0.05) is 20.2 Å². The van der Waals surface area contributed by atoms with Crippen LogP contribution in [-0.4, -0.2) is 45.4 Å². The summed E-state index contributed by atoms with van der Waals surface area (Å²) in [7, 11) is -2.50. The van der Waals surface area contributed by atoms with E-state index >= 15 is 0 Å². The largest absolute Gasteiger partial charge is 0.573 e. The zero-order chi connectivity index (χ0) is 16.4. The lowest BCUT2D eigenvalue weighted by atomic mass is 10.1. The molecular formula is C13H16F3NO4S. The van der Waals surface area contributed by atoms with E-state index in [0.29, 0.717) is 12.8 Å². The molecule has 9 heteroatoms. The van der Waals surface area contributed by atoms with Crippen molar-refractivity contribution in [2.45, 2.75) is 30.2 Å². The Hall–Kier alpha value is -1.32. The molecule has 0 amide bonds. The van der Waals surface area contributed by atoms with Crippen LogP contribution in [0.1, 0.15) is 12.8 Å². The molecular weight excluding hydrogens is 323 g/mol. The number of methoxy groups -OCH3 is 1. The Balaban J connectivity index is 2.27. The number of piperidine rings is 1. The second-order valence-electron chi connectivity index (χ2n) is 4.83. The fraction of sp³-hybridized carbons (Fsp3) is 0.538. The highest BCUT2D eigenvalue weighted by Gasteiger charge is 2.36. The van der Waals surface area contributed by atoms with E-state index in [2.05, 4.69) is 4.74 Å². The van der Waals surface area contributed by atoms with Crippen molar-refractivity contribution in [2.24, 2.45) is 0 Å². The molecule has 0 aromatic heterocycles. The number of nitrogens with zero attached hydrogens (tertiary/aromatic N) is 1. The van der Waals surface area contributed by atoms with E-state index in [1.807, 2.05) is 0 Å². The van der Waals surface area contributed by atoms with Crippen molar-refractivity contribution in [3.05, 3.63) is 24.3 Å². The summed E-state index contributed by atoms with van der Waals surface area (Å²) in [6, 6.07) is 4.75. The number of rotatable bonds is 4. The van der Waals surface area contributed by atoms with Crippen molar-refractivity contribution in [2.75, 3.05) is 20.2 Å². The Bertz CT molecular complexity index is 610. The molecule has 2 rings (SSSR count). The minimum Gasteiger partial charge on any atom is -0.404 e. The van der Waals surface area contributed by atoms with Gasteiger partial charge < -0.3 is 9.47 Å². The summed E-state index contributed by atoms with van der Waals surface area (Å²) in [5.74, 6) is -0.719. The minimum atomic E-state index is -4.95. The molecule has 5 nitrogen and oxygen atoms in total. The van der Waals surface area contributed by atoms with Crippen molar-refractivity contribution in [1.29, 1.82) is 0 Å². The average Bonchev–Trinajstić information content (AvgIpc) is 2.46. The molecule has 0 atom stereocenters. The second-order valence-corrected chi connectivity index (χ2v) is 6.74. The third kappa shape index (κ3) is 3.90. The quantitative estimate of drug-likeness (QED) is 0.845. The van der Waals surface area contributed by atoms with Gasteiger partial charge >= 0.3 is 6.36 Å². The van der Waals surface area contributed by atoms with Crippen LogP contribution in [0.4, 0.5) is 13.2 Å². The Morgan fingerprint density at radius 2 is 1.77 bits per heavy atom. The summed E-state index contributed by atoms with van der Waals surface area (Å²) in [6.45, 7) is 0.391. The van der Waals surface area contributed by atoms with Gasteiger partial charge in [-0.2, -0.15) is 4.31 Å². The van der Waals surface area contributed by atoms with Crippen LogP contribution in [0, 0.1) is 0 Å². The SMILES string of the molecule is COC1CCN(S(=O)(=O)c2ccccc2OC(F)(F)F)CC1. The van der Waals surface area contributed by atoms with E-state index in [4.69, 9.17) is 4.74 Å². The smallest absolute Gasteiger partial charge is 0.404 e. The summed E-state index contributed by atoms with van der Waals surface area (Å²) < 4.78 is 72.4. The van der Waals surface area contributed by atoms with Crippen molar-refractivity contribution < 1.29 is 31.1 Å². The van der Waals surface area contributed by atoms with E-state index in [1.54, 1.807) is 7.11 Å². The summed E-state index contributed by atoms with van der Waals surface area (Å²) in [5, 5.41) is 0. The van der Waals surface area contributed by atoms with Gasteiger partial charge in [-0.3, -0.25) is 0 Å². The minimum absolute atomic E-state index is 0.0341. The number of para-hydroxylation sites is 1. The molecule has 0 saturated carbocycles. The monoisotopic (exact) mass is 339 g/mol. The van der Waals surface area contributed by atoms with Crippen LogP contribution in [-0.2, 0) is 14.8 Å². The van der Waals surface area contributed by atoms with Crippen LogP contribution in [0.2, 0.25) is 0 Å². The molecule has 22 heavy (non-hydrogen) atoms. The van der Waals surface area contributed by atoms with E-state index in [0.717, 1.165) is 16.4 Å². The number of hydrogen-bond donors (Lipinski definition) is 0. The predicted octanol–water partition coefficient (Wildman–Crippen LogP) is 2.38. The number of hydrogen-bond acceptors (Lipinski definition) is 4. The number of sulfonamides is 1. The standard InChI is InChI=1S/C13H16F3NO4S/c1-20-10-6-8-17(9-7-10)22(18,19)12-5-3-2-4-11(12)21-13(14,15)16/h2-5,10H,6-9H2,1H3. The van der Waals surface area contributed by atoms with Gasteiger partial charge in [0.2, 0.25) is 10.0 Å². The number of halogens is 3. The normalized spacial score (nSPS) is 18.4. The topological polar surface area (TPSA) is 55.8 Å². The highest BCUT2D eigenvalue weighted by atomic mass is 32.2. The van der Waals surface area contributed by atoms with E-state index in [9.17, 15) is 21.6 Å². The molecule has 1 aliphatic rings. The fourth-order valence-corrected chi connectivity index (χ4v) is 3.90. The lowest BCUT2D eigenvalue weighted by molar-refractivity contribution is -0.275. The van der Waals surface area contributed by atoms with Gasteiger partial charge in [-0.25, -0.2) is 8.42 Å². The van der Waals surface area contributed by atoms with E-state index < -0.39 is 27.0 Å². The fourth-order valence-electron chi connectivity index (χ4n) is 2.32. The summed E-state index contributed by atoms with van der Waals surface area (Å²) in [4.78, 5) is -0.483. The van der Waals surface area contributed by atoms with Crippen LogP contribution < -0.4 is 4.74 Å². The highest BCUT2D eigenvalue weighted by Crippen LogP contribution is 2.32. The molecule has 1 fully saturated rings. The number of benzene rings is 1. The van der Waals surface area contributed by atoms with Gasteiger partial charge in [0.15, 0.2) is 0 Å². The van der Waals surface area contributed by atoms with Gasteiger partial charge in [0.05, 0.1) is 6.10 Å². The van der Waals surface area contributed by atoms with Crippen LogP contribution in [0.5, 0.6) is 5.75 Å². The van der Waals surface area contributed by atoms with Gasteiger partial charge in [0.1, 0.15) is 10.6 Å². The molecule has 0 spiro atoms. The third-order valence-corrected chi connectivity index (χ3v) is 5.37. The van der Waals surface area contributed by atoms with Crippen LogP contribution in [0.25, 0.3) is 0 Å². The van der Waals surface area contributed by atoms with Crippen molar-refractivity contribution in [3.63, 3.8) is 0 Å².